The Labute approximate surface area is 100 Å². The van der Waals surface area contributed by atoms with Crippen LogP contribution in [0.3, 0.4) is 0 Å². The number of non-ortho nitro benzene ring substituents is 1. The second kappa shape index (κ2) is 5.25. The topological polar surface area (TPSA) is 72.4 Å². The van der Waals surface area contributed by atoms with Gasteiger partial charge in [0.15, 0.2) is 0 Å². The predicted molar refractivity (Wildman–Crippen MR) is 65.6 cm³/mol. The number of likely N-dealkylation sites (tertiary alicyclic amines) is 1. The Morgan fingerprint density at radius 2 is 2.12 bits per heavy atom. The van der Waals surface area contributed by atoms with Gasteiger partial charge in [-0.1, -0.05) is 12.1 Å². The summed E-state index contributed by atoms with van der Waals surface area (Å²) >= 11 is 0. The van der Waals surface area contributed by atoms with E-state index in [1.807, 2.05) is 12.1 Å². The fourth-order valence-electron chi connectivity index (χ4n) is 2.22. The molecule has 0 unspecified atom stereocenters. The van der Waals surface area contributed by atoms with Crippen LogP contribution in [0.5, 0.6) is 0 Å². The highest BCUT2D eigenvalue weighted by atomic mass is 16.6. The van der Waals surface area contributed by atoms with Crippen molar-refractivity contribution in [3.63, 3.8) is 0 Å². The second-order valence-electron chi connectivity index (χ2n) is 4.56. The standard InChI is InChI=1S/C12H17N3O2/c13-11-2-1-7-14(9-11)8-10-3-5-12(6-4-10)15(16)17/h3-6,11H,1-2,7-9,13H2/t11-/m0/s1. The summed E-state index contributed by atoms with van der Waals surface area (Å²) in [5, 5.41) is 10.5. The largest absolute Gasteiger partial charge is 0.327 e. The fourth-order valence-corrected chi connectivity index (χ4v) is 2.22. The molecule has 1 aromatic rings. The number of hydrogen-bond donors (Lipinski definition) is 1. The number of nitrogens with two attached hydrogens (primary N) is 1. The van der Waals surface area contributed by atoms with E-state index >= 15 is 0 Å². The molecule has 1 saturated heterocycles. The number of nitro groups is 1. The van der Waals surface area contributed by atoms with Gasteiger partial charge in [0.1, 0.15) is 0 Å². The molecule has 0 spiro atoms. The van der Waals surface area contributed by atoms with Crippen molar-refractivity contribution in [1.82, 2.24) is 4.90 Å². The first-order valence-electron chi connectivity index (χ1n) is 5.86. The minimum absolute atomic E-state index is 0.143. The molecule has 1 aliphatic rings. The molecule has 1 fully saturated rings. The van der Waals surface area contributed by atoms with E-state index in [1.54, 1.807) is 12.1 Å². The molecule has 92 valence electrons. The first kappa shape index (κ1) is 12.0. The van der Waals surface area contributed by atoms with E-state index in [4.69, 9.17) is 5.73 Å². The van der Waals surface area contributed by atoms with Crippen molar-refractivity contribution in [2.75, 3.05) is 13.1 Å². The Morgan fingerprint density at radius 1 is 1.41 bits per heavy atom. The maximum atomic E-state index is 10.5. The molecular formula is C12H17N3O2. The van der Waals surface area contributed by atoms with Gasteiger partial charge in [-0.25, -0.2) is 0 Å². The molecular weight excluding hydrogens is 218 g/mol. The van der Waals surface area contributed by atoms with Gasteiger partial charge in [-0.05, 0) is 24.9 Å². The van der Waals surface area contributed by atoms with E-state index in [2.05, 4.69) is 4.90 Å². The number of rotatable bonds is 3. The lowest BCUT2D eigenvalue weighted by Crippen LogP contribution is -2.42. The lowest BCUT2D eigenvalue weighted by Gasteiger charge is -2.30. The maximum absolute atomic E-state index is 10.5. The summed E-state index contributed by atoms with van der Waals surface area (Å²) in [6.07, 6.45) is 2.23. The van der Waals surface area contributed by atoms with Crippen LogP contribution in [0, 0.1) is 10.1 Å². The number of hydrogen-bond acceptors (Lipinski definition) is 4. The second-order valence-corrected chi connectivity index (χ2v) is 4.56. The van der Waals surface area contributed by atoms with Gasteiger partial charge in [0.05, 0.1) is 4.92 Å². The lowest BCUT2D eigenvalue weighted by molar-refractivity contribution is -0.384. The van der Waals surface area contributed by atoms with Crippen molar-refractivity contribution in [1.29, 1.82) is 0 Å². The van der Waals surface area contributed by atoms with Gasteiger partial charge in [0.25, 0.3) is 5.69 Å². The normalized spacial score (nSPS) is 21.4. The highest BCUT2D eigenvalue weighted by molar-refractivity contribution is 5.32. The van der Waals surface area contributed by atoms with Gasteiger partial charge < -0.3 is 5.73 Å². The van der Waals surface area contributed by atoms with Crippen LogP contribution in [0.1, 0.15) is 18.4 Å². The van der Waals surface area contributed by atoms with Crippen molar-refractivity contribution in [2.24, 2.45) is 5.73 Å². The molecule has 0 aromatic heterocycles. The van der Waals surface area contributed by atoms with Crippen LogP contribution in [0.15, 0.2) is 24.3 Å². The molecule has 0 amide bonds. The Hall–Kier alpha value is -1.46. The molecule has 0 bridgehead atoms. The first-order valence-corrected chi connectivity index (χ1v) is 5.86. The molecule has 1 atom stereocenters. The van der Waals surface area contributed by atoms with E-state index in [9.17, 15) is 10.1 Å². The van der Waals surface area contributed by atoms with Crippen molar-refractivity contribution in [3.05, 3.63) is 39.9 Å². The minimum Gasteiger partial charge on any atom is -0.327 e. The van der Waals surface area contributed by atoms with E-state index in [0.717, 1.165) is 38.0 Å². The van der Waals surface area contributed by atoms with Gasteiger partial charge in [0.2, 0.25) is 0 Å². The fraction of sp³-hybridized carbons (Fsp3) is 0.500. The van der Waals surface area contributed by atoms with E-state index < -0.39 is 0 Å². The summed E-state index contributed by atoms with van der Waals surface area (Å²) in [7, 11) is 0. The summed E-state index contributed by atoms with van der Waals surface area (Å²) in [5.74, 6) is 0. The summed E-state index contributed by atoms with van der Waals surface area (Å²) in [5.41, 5.74) is 7.16. The zero-order chi connectivity index (χ0) is 12.3. The average Bonchev–Trinajstić information content (AvgIpc) is 2.29. The summed E-state index contributed by atoms with van der Waals surface area (Å²) in [6.45, 7) is 2.80. The van der Waals surface area contributed by atoms with Gasteiger partial charge in [0, 0.05) is 31.3 Å². The van der Waals surface area contributed by atoms with Crippen LogP contribution < -0.4 is 5.73 Å². The van der Waals surface area contributed by atoms with Crippen molar-refractivity contribution >= 4 is 5.69 Å². The van der Waals surface area contributed by atoms with Crippen molar-refractivity contribution < 1.29 is 4.92 Å². The van der Waals surface area contributed by atoms with E-state index in [1.165, 1.54) is 0 Å². The third-order valence-corrected chi connectivity index (χ3v) is 3.10. The van der Waals surface area contributed by atoms with Crippen LogP contribution in [-0.2, 0) is 6.54 Å². The Balaban J connectivity index is 1.96. The van der Waals surface area contributed by atoms with Crippen molar-refractivity contribution in [3.8, 4) is 0 Å². The third kappa shape index (κ3) is 3.25. The quantitative estimate of drug-likeness (QED) is 0.636. The van der Waals surface area contributed by atoms with Gasteiger partial charge in [-0.3, -0.25) is 15.0 Å². The summed E-state index contributed by atoms with van der Waals surface area (Å²) in [4.78, 5) is 12.5. The molecule has 2 rings (SSSR count). The smallest absolute Gasteiger partial charge is 0.269 e. The third-order valence-electron chi connectivity index (χ3n) is 3.10. The lowest BCUT2D eigenvalue weighted by atomic mass is 10.1. The predicted octanol–water partition coefficient (Wildman–Crippen LogP) is 1.52. The molecule has 0 aliphatic carbocycles. The minimum atomic E-state index is -0.374. The SMILES string of the molecule is N[C@H]1CCCN(Cc2ccc([N+](=O)[O-])cc2)C1. The maximum Gasteiger partial charge on any atom is 0.269 e. The zero-order valence-corrected chi connectivity index (χ0v) is 9.71. The van der Waals surface area contributed by atoms with E-state index in [-0.39, 0.29) is 16.7 Å². The Bertz CT molecular complexity index is 391. The van der Waals surface area contributed by atoms with Crippen LogP contribution in [-0.4, -0.2) is 29.0 Å². The van der Waals surface area contributed by atoms with Gasteiger partial charge in [-0.15, -0.1) is 0 Å². The van der Waals surface area contributed by atoms with Crippen molar-refractivity contribution in [2.45, 2.75) is 25.4 Å². The number of benzene rings is 1. The molecule has 1 heterocycles. The number of nitro benzene ring substituents is 1. The summed E-state index contributed by atoms with van der Waals surface area (Å²) < 4.78 is 0. The molecule has 2 N–H and O–H groups in total. The van der Waals surface area contributed by atoms with Gasteiger partial charge in [-0.2, -0.15) is 0 Å². The number of nitrogens with zero attached hydrogens (tertiary/aromatic N) is 2. The molecule has 0 saturated carbocycles. The Morgan fingerprint density at radius 3 is 2.71 bits per heavy atom. The van der Waals surface area contributed by atoms with Crippen LogP contribution in [0.25, 0.3) is 0 Å². The average molecular weight is 235 g/mol. The van der Waals surface area contributed by atoms with Gasteiger partial charge >= 0.3 is 0 Å². The van der Waals surface area contributed by atoms with Crippen LogP contribution >= 0.6 is 0 Å². The highest BCUT2D eigenvalue weighted by Gasteiger charge is 2.16. The van der Waals surface area contributed by atoms with E-state index in [0.29, 0.717) is 0 Å². The first-order chi connectivity index (χ1) is 8.15. The molecule has 5 heteroatoms. The zero-order valence-electron chi connectivity index (χ0n) is 9.71. The summed E-state index contributed by atoms with van der Waals surface area (Å²) in [6, 6.07) is 7.01. The molecule has 5 nitrogen and oxygen atoms in total. The molecule has 1 aliphatic heterocycles. The monoisotopic (exact) mass is 235 g/mol. The molecule has 1 aromatic carbocycles. The van der Waals surface area contributed by atoms with Crippen LogP contribution in [0.2, 0.25) is 0 Å². The number of piperidine rings is 1. The van der Waals surface area contributed by atoms with Crippen LogP contribution in [0.4, 0.5) is 5.69 Å². The molecule has 0 radical (unpaired) electrons. The molecule has 17 heavy (non-hydrogen) atoms. The Kier molecular flexibility index (Phi) is 3.71. The highest BCUT2D eigenvalue weighted by Crippen LogP contribution is 2.16.